The van der Waals surface area contributed by atoms with Crippen LogP contribution in [0.1, 0.15) is 35.1 Å². The van der Waals surface area contributed by atoms with Gasteiger partial charge >= 0.3 is 5.97 Å². The number of nitrogens with zero attached hydrogens (tertiary/aromatic N) is 2. The highest BCUT2D eigenvalue weighted by Gasteiger charge is 2.20. The van der Waals surface area contributed by atoms with Crippen LogP contribution in [0.4, 0.5) is 0 Å². The second-order valence-corrected chi connectivity index (χ2v) is 5.09. The SMILES string of the molecule is COC(=O)/C=C/CNC(=O)c1cc(C)n(C2CCOCC2)n1. The summed E-state index contributed by atoms with van der Waals surface area (Å²) in [7, 11) is 1.30. The van der Waals surface area contributed by atoms with Crippen molar-refractivity contribution in [1.82, 2.24) is 15.1 Å². The lowest BCUT2D eigenvalue weighted by Gasteiger charge is -2.23. The summed E-state index contributed by atoms with van der Waals surface area (Å²) in [5.74, 6) is -0.711. The fourth-order valence-electron chi connectivity index (χ4n) is 2.36. The van der Waals surface area contributed by atoms with Gasteiger partial charge < -0.3 is 14.8 Å². The van der Waals surface area contributed by atoms with Crippen LogP contribution in [-0.4, -0.2) is 48.5 Å². The molecule has 0 unspecified atom stereocenters. The first kappa shape index (κ1) is 16.2. The van der Waals surface area contributed by atoms with Gasteiger partial charge in [-0.1, -0.05) is 6.08 Å². The summed E-state index contributed by atoms with van der Waals surface area (Å²) in [6.07, 6.45) is 4.62. The molecule has 1 saturated heterocycles. The molecule has 0 radical (unpaired) electrons. The molecule has 7 heteroatoms. The highest BCUT2D eigenvalue weighted by Crippen LogP contribution is 2.22. The van der Waals surface area contributed by atoms with Gasteiger partial charge in [0.1, 0.15) is 5.69 Å². The Hall–Kier alpha value is -2.15. The van der Waals surface area contributed by atoms with Crippen LogP contribution in [0.3, 0.4) is 0 Å². The molecule has 1 aliphatic heterocycles. The average molecular weight is 307 g/mol. The third kappa shape index (κ3) is 4.17. The zero-order chi connectivity index (χ0) is 15.9. The first-order chi connectivity index (χ1) is 10.6. The van der Waals surface area contributed by atoms with E-state index >= 15 is 0 Å². The zero-order valence-corrected chi connectivity index (χ0v) is 12.9. The summed E-state index contributed by atoms with van der Waals surface area (Å²) < 4.78 is 11.7. The number of amides is 1. The van der Waals surface area contributed by atoms with Crippen LogP contribution in [0.2, 0.25) is 0 Å². The van der Waals surface area contributed by atoms with Crippen molar-refractivity contribution in [3.8, 4) is 0 Å². The van der Waals surface area contributed by atoms with E-state index in [0.29, 0.717) is 5.69 Å². The number of carbonyl (C=O) groups is 2. The summed E-state index contributed by atoms with van der Waals surface area (Å²) in [6.45, 7) is 3.64. The highest BCUT2D eigenvalue weighted by atomic mass is 16.5. The monoisotopic (exact) mass is 307 g/mol. The maximum Gasteiger partial charge on any atom is 0.330 e. The van der Waals surface area contributed by atoms with Gasteiger partial charge in [-0.05, 0) is 25.8 Å². The Morgan fingerprint density at radius 2 is 2.23 bits per heavy atom. The van der Waals surface area contributed by atoms with E-state index in [-0.39, 0.29) is 18.5 Å². The Morgan fingerprint density at radius 1 is 1.50 bits per heavy atom. The number of rotatable bonds is 5. The van der Waals surface area contributed by atoms with Gasteiger partial charge in [-0.15, -0.1) is 0 Å². The first-order valence-corrected chi connectivity index (χ1v) is 7.28. The number of carbonyl (C=O) groups excluding carboxylic acids is 2. The molecule has 120 valence electrons. The molecule has 2 rings (SSSR count). The van der Waals surface area contributed by atoms with Crippen molar-refractivity contribution in [2.75, 3.05) is 26.9 Å². The minimum atomic E-state index is -0.450. The predicted molar refractivity (Wildman–Crippen MR) is 79.5 cm³/mol. The molecule has 1 amide bonds. The molecule has 1 aliphatic rings. The highest BCUT2D eigenvalue weighted by molar-refractivity contribution is 5.92. The topological polar surface area (TPSA) is 82.5 Å². The molecule has 22 heavy (non-hydrogen) atoms. The van der Waals surface area contributed by atoms with Crippen molar-refractivity contribution in [3.63, 3.8) is 0 Å². The van der Waals surface area contributed by atoms with E-state index in [1.54, 1.807) is 6.07 Å². The van der Waals surface area contributed by atoms with Crippen LogP contribution < -0.4 is 5.32 Å². The fraction of sp³-hybridized carbons (Fsp3) is 0.533. The van der Waals surface area contributed by atoms with Crippen molar-refractivity contribution < 1.29 is 19.1 Å². The first-order valence-electron chi connectivity index (χ1n) is 7.28. The van der Waals surface area contributed by atoms with Gasteiger partial charge in [0, 0.05) is 31.5 Å². The molecule has 0 spiro atoms. The standard InChI is InChI=1S/C15H21N3O4/c1-11-10-13(15(20)16-7-3-4-14(19)21-2)17-18(11)12-5-8-22-9-6-12/h3-4,10,12H,5-9H2,1-2H3,(H,16,20)/b4-3+. The van der Waals surface area contributed by atoms with E-state index in [1.807, 2.05) is 11.6 Å². The minimum absolute atomic E-state index is 0.247. The molecular weight excluding hydrogens is 286 g/mol. The van der Waals surface area contributed by atoms with Gasteiger partial charge in [-0.2, -0.15) is 5.10 Å². The number of hydrogen-bond donors (Lipinski definition) is 1. The van der Waals surface area contributed by atoms with Crippen molar-refractivity contribution in [1.29, 1.82) is 0 Å². The average Bonchev–Trinajstić information content (AvgIpc) is 2.94. The molecule has 0 saturated carbocycles. The van der Waals surface area contributed by atoms with E-state index in [1.165, 1.54) is 19.3 Å². The largest absolute Gasteiger partial charge is 0.466 e. The third-order valence-electron chi connectivity index (χ3n) is 3.53. The van der Waals surface area contributed by atoms with Crippen molar-refractivity contribution in [3.05, 3.63) is 29.6 Å². The lowest BCUT2D eigenvalue weighted by atomic mass is 10.1. The summed E-state index contributed by atoms with van der Waals surface area (Å²) in [5.41, 5.74) is 1.35. The Morgan fingerprint density at radius 3 is 2.91 bits per heavy atom. The van der Waals surface area contributed by atoms with Gasteiger partial charge in [0.2, 0.25) is 0 Å². The molecule has 0 atom stereocenters. The number of methoxy groups -OCH3 is 1. The Bertz CT molecular complexity index is 559. The van der Waals surface area contributed by atoms with E-state index in [9.17, 15) is 9.59 Å². The van der Waals surface area contributed by atoms with Crippen LogP contribution >= 0.6 is 0 Å². The van der Waals surface area contributed by atoms with E-state index in [2.05, 4.69) is 15.2 Å². The molecule has 1 aromatic rings. The lowest BCUT2D eigenvalue weighted by Crippen LogP contribution is -2.25. The van der Waals surface area contributed by atoms with Gasteiger partial charge in [0.15, 0.2) is 0 Å². The second-order valence-electron chi connectivity index (χ2n) is 5.09. The van der Waals surface area contributed by atoms with Crippen LogP contribution in [0.25, 0.3) is 0 Å². The molecule has 0 aliphatic carbocycles. The maximum atomic E-state index is 12.0. The Kier molecular flexibility index (Phi) is 5.71. The molecule has 0 aromatic carbocycles. The molecule has 2 heterocycles. The smallest absolute Gasteiger partial charge is 0.330 e. The lowest BCUT2D eigenvalue weighted by molar-refractivity contribution is -0.134. The third-order valence-corrected chi connectivity index (χ3v) is 3.53. The van der Waals surface area contributed by atoms with Gasteiger partial charge in [0.25, 0.3) is 5.91 Å². The summed E-state index contributed by atoms with van der Waals surface area (Å²) >= 11 is 0. The number of hydrogen-bond acceptors (Lipinski definition) is 5. The molecule has 1 fully saturated rings. The van der Waals surface area contributed by atoms with E-state index < -0.39 is 5.97 Å². The normalized spacial score (nSPS) is 15.9. The Labute approximate surface area is 129 Å². The van der Waals surface area contributed by atoms with Crippen molar-refractivity contribution >= 4 is 11.9 Å². The molecular formula is C15H21N3O4. The van der Waals surface area contributed by atoms with Gasteiger partial charge in [0.05, 0.1) is 13.2 Å². The summed E-state index contributed by atoms with van der Waals surface area (Å²) in [5, 5.41) is 7.08. The summed E-state index contributed by atoms with van der Waals surface area (Å²) in [6, 6.07) is 2.06. The van der Waals surface area contributed by atoms with Crippen LogP contribution in [0.5, 0.6) is 0 Å². The van der Waals surface area contributed by atoms with Crippen LogP contribution in [-0.2, 0) is 14.3 Å². The molecule has 7 nitrogen and oxygen atoms in total. The van der Waals surface area contributed by atoms with Crippen LogP contribution in [0.15, 0.2) is 18.2 Å². The van der Waals surface area contributed by atoms with Gasteiger partial charge in [-0.3, -0.25) is 9.48 Å². The van der Waals surface area contributed by atoms with Crippen LogP contribution in [0, 0.1) is 6.92 Å². The fourth-order valence-corrected chi connectivity index (χ4v) is 2.36. The molecule has 1 aromatic heterocycles. The van der Waals surface area contributed by atoms with Gasteiger partial charge in [-0.25, -0.2) is 4.79 Å². The van der Waals surface area contributed by atoms with Crippen molar-refractivity contribution in [2.45, 2.75) is 25.8 Å². The van der Waals surface area contributed by atoms with E-state index in [0.717, 1.165) is 31.7 Å². The van der Waals surface area contributed by atoms with Crippen molar-refractivity contribution in [2.24, 2.45) is 0 Å². The maximum absolute atomic E-state index is 12.0. The van der Waals surface area contributed by atoms with E-state index in [4.69, 9.17) is 4.74 Å². The molecule has 0 bridgehead atoms. The number of ether oxygens (including phenoxy) is 2. The molecule has 1 N–H and O–H groups in total. The quantitative estimate of drug-likeness (QED) is 0.648. The second kappa shape index (κ2) is 7.74. The number of aryl methyl sites for hydroxylation is 1. The summed E-state index contributed by atoms with van der Waals surface area (Å²) in [4.78, 5) is 22.9. The number of nitrogens with one attached hydrogen (secondary N) is 1. The predicted octanol–water partition coefficient (Wildman–Crippen LogP) is 1.00. The minimum Gasteiger partial charge on any atom is -0.466 e. The number of esters is 1. The Balaban J connectivity index is 1.93. The number of aromatic nitrogens is 2. The zero-order valence-electron chi connectivity index (χ0n) is 12.9.